The van der Waals surface area contributed by atoms with Gasteiger partial charge >= 0.3 is 0 Å². The van der Waals surface area contributed by atoms with Crippen molar-refractivity contribution >= 4 is 5.78 Å². The molecule has 0 spiro atoms. The van der Waals surface area contributed by atoms with Crippen LogP contribution in [0.4, 0.5) is 0 Å². The normalized spacial score (nSPS) is 55.0. The summed E-state index contributed by atoms with van der Waals surface area (Å²) >= 11 is 0. The molecule has 0 aliphatic heterocycles. The molecule has 112 valence electrons. The third kappa shape index (κ3) is 1.91. The molecule has 0 amide bonds. The Morgan fingerprint density at radius 2 is 1.35 bits per heavy atom. The van der Waals surface area contributed by atoms with Crippen molar-refractivity contribution in [1.82, 2.24) is 0 Å². The molecule has 0 aromatic carbocycles. The summed E-state index contributed by atoms with van der Waals surface area (Å²) in [5.74, 6) is 8.09. The Balaban J connectivity index is 1.59. The highest BCUT2D eigenvalue weighted by Gasteiger charge is 2.52. The lowest BCUT2D eigenvalue weighted by Gasteiger charge is -2.54. The first-order valence-corrected chi connectivity index (χ1v) is 9.17. The Morgan fingerprint density at radius 1 is 0.700 bits per heavy atom. The summed E-state index contributed by atoms with van der Waals surface area (Å²) in [4.78, 5) is 11.8. The van der Waals surface area contributed by atoms with Gasteiger partial charge in [0.2, 0.25) is 0 Å². The van der Waals surface area contributed by atoms with Crippen LogP contribution in [-0.4, -0.2) is 5.78 Å². The van der Waals surface area contributed by atoms with Gasteiger partial charge < -0.3 is 0 Å². The fourth-order valence-corrected chi connectivity index (χ4v) is 6.95. The number of hydrogen-bond donors (Lipinski definition) is 0. The fraction of sp³-hybridized carbons (Fsp3) is 0.947. The summed E-state index contributed by atoms with van der Waals surface area (Å²) in [6.45, 7) is 4.95. The summed E-state index contributed by atoms with van der Waals surface area (Å²) in [5.41, 5.74) is 0. The van der Waals surface area contributed by atoms with Crippen molar-refractivity contribution in [3.05, 3.63) is 0 Å². The van der Waals surface area contributed by atoms with Crippen LogP contribution in [0.3, 0.4) is 0 Å². The maximum atomic E-state index is 11.8. The summed E-state index contributed by atoms with van der Waals surface area (Å²) in [7, 11) is 0. The molecule has 1 heteroatoms. The lowest BCUT2D eigenvalue weighted by molar-refractivity contribution is -0.128. The topological polar surface area (TPSA) is 17.1 Å². The molecular weight excluding hydrogens is 244 g/mol. The Labute approximate surface area is 123 Å². The molecule has 4 fully saturated rings. The highest BCUT2D eigenvalue weighted by molar-refractivity contribution is 5.79. The standard InChI is InChI=1S/C19H30O/c1-11-3-5-15-14(11)7-8-17-16-6-4-13(20)10-18(16)12(2)9-19(15)17/h11-12,14-19H,3-10H2,1-2H3/t11-,12?,14?,15?,16?,17?,18?,19?/m1/s1. The summed E-state index contributed by atoms with van der Waals surface area (Å²) in [6.07, 6.45) is 10.4. The van der Waals surface area contributed by atoms with E-state index in [1.54, 1.807) is 0 Å². The average molecular weight is 274 g/mol. The van der Waals surface area contributed by atoms with Gasteiger partial charge in [0.05, 0.1) is 0 Å². The zero-order valence-electron chi connectivity index (χ0n) is 13.2. The minimum atomic E-state index is 0.555. The Hall–Kier alpha value is -0.330. The number of rotatable bonds is 0. The predicted molar refractivity (Wildman–Crippen MR) is 81.2 cm³/mol. The first kappa shape index (κ1) is 13.3. The van der Waals surface area contributed by atoms with E-state index in [1.807, 2.05) is 0 Å². The second-order valence-electron chi connectivity index (χ2n) is 8.61. The quantitative estimate of drug-likeness (QED) is 0.626. The molecule has 4 aliphatic carbocycles. The zero-order valence-corrected chi connectivity index (χ0v) is 13.2. The van der Waals surface area contributed by atoms with Gasteiger partial charge in [0.25, 0.3) is 0 Å². The van der Waals surface area contributed by atoms with E-state index in [2.05, 4.69) is 13.8 Å². The second kappa shape index (κ2) is 4.85. The van der Waals surface area contributed by atoms with E-state index in [1.165, 1.54) is 38.5 Å². The first-order valence-electron chi connectivity index (χ1n) is 9.17. The van der Waals surface area contributed by atoms with E-state index in [0.29, 0.717) is 5.78 Å². The molecule has 4 saturated carbocycles. The molecule has 0 heterocycles. The van der Waals surface area contributed by atoms with E-state index < -0.39 is 0 Å². The van der Waals surface area contributed by atoms with Crippen molar-refractivity contribution < 1.29 is 4.79 Å². The Morgan fingerprint density at radius 3 is 2.20 bits per heavy atom. The third-order valence-electron chi connectivity index (χ3n) is 7.86. The molecule has 8 atom stereocenters. The van der Waals surface area contributed by atoms with E-state index >= 15 is 0 Å². The molecule has 20 heavy (non-hydrogen) atoms. The van der Waals surface area contributed by atoms with Crippen LogP contribution in [0.2, 0.25) is 0 Å². The molecule has 4 rings (SSSR count). The second-order valence-corrected chi connectivity index (χ2v) is 8.61. The van der Waals surface area contributed by atoms with E-state index in [0.717, 1.165) is 60.2 Å². The van der Waals surface area contributed by atoms with Crippen molar-refractivity contribution in [3.8, 4) is 0 Å². The van der Waals surface area contributed by atoms with Gasteiger partial charge in [-0.2, -0.15) is 0 Å². The molecule has 0 N–H and O–H groups in total. The number of Topliss-reactive ketones (excluding diaryl/α,β-unsaturated/α-hetero) is 1. The smallest absolute Gasteiger partial charge is 0.133 e. The van der Waals surface area contributed by atoms with Crippen LogP contribution in [0.15, 0.2) is 0 Å². The molecule has 0 bridgehead atoms. The molecule has 0 saturated heterocycles. The first-order chi connectivity index (χ1) is 9.65. The summed E-state index contributed by atoms with van der Waals surface area (Å²) < 4.78 is 0. The number of ketones is 1. The van der Waals surface area contributed by atoms with Gasteiger partial charge in [0, 0.05) is 12.8 Å². The lowest BCUT2D eigenvalue weighted by atomic mass is 9.51. The van der Waals surface area contributed by atoms with Crippen molar-refractivity contribution in [2.75, 3.05) is 0 Å². The zero-order chi connectivity index (χ0) is 13.9. The fourth-order valence-electron chi connectivity index (χ4n) is 6.95. The molecule has 0 aromatic rings. The van der Waals surface area contributed by atoms with E-state index in [-0.39, 0.29) is 0 Å². The lowest BCUT2D eigenvalue weighted by Crippen LogP contribution is -2.48. The minimum absolute atomic E-state index is 0.555. The van der Waals surface area contributed by atoms with E-state index in [4.69, 9.17) is 0 Å². The van der Waals surface area contributed by atoms with Crippen LogP contribution >= 0.6 is 0 Å². The summed E-state index contributed by atoms with van der Waals surface area (Å²) in [5, 5.41) is 0. The maximum absolute atomic E-state index is 11.8. The number of hydrogen-bond acceptors (Lipinski definition) is 1. The van der Waals surface area contributed by atoms with Crippen molar-refractivity contribution in [2.45, 2.75) is 65.2 Å². The molecule has 0 radical (unpaired) electrons. The predicted octanol–water partition coefficient (Wildman–Crippen LogP) is 4.70. The molecular formula is C19H30O. The van der Waals surface area contributed by atoms with Crippen LogP contribution in [0, 0.1) is 47.3 Å². The maximum Gasteiger partial charge on any atom is 0.133 e. The average Bonchev–Trinajstić information content (AvgIpc) is 2.81. The minimum Gasteiger partial charge on any atom is -0.300 e. The van der Waals surface area contributed by atoms with Crippen LogP contribution in [-0.2, 0) is 4.79 Å². The molecule has 1 nitrogen and oxygen atoms in total. The number of fused-ring (bicyclic) bond motifs is 5. The molecule has 7 unspecified atom stereocenters. The van der Waals surface area contributed by atoms with E-state index in [9.17, 15) is 4.79 Å². The van der Waals surface area contributed by atoms with Crippen LogP contribution < -0.4 is 0 Å². The van der Waals surface area contributed by atoms with Gasteiger partial charge in [-0.1, -0.05) is 20.3 Å². The largest absolute Gasteiger partial charge is 0.300 e. The highest BCUT2D eigenvalue weighted by atomic mass is 16.1. The van der Waals surface area contributed by atoms with Crippen LogP contribution in [0.25, 0.3) is 0 Å². The Bertz CT molecular complexity index is 401. The molecule has 4 aliphatic rings. The Kier molecular flexibility index (Phi) is 3.23. The van der Waals surface area contributed by atoms with Crippen molar-refractivity contribution in [2.24, 2.45) is 47.3 Å². The van der Waals surface area contributed by atoms with Crippen molar-refractivity contribution in [3.63, 3.8) is 0 Å². The van der Waals surface area contributed by atoms with Gasteiger partial charge in [-0.15, -0.1) is 0 Å². The van der Waals surface area contributed by atoms with Crippen LogP contribution in [0.5, 0.6) is 0 Å². The van der Waals surface area contributed by atoms with Crippen LogP contribution in [0.1, 0.15) is 65.2 Å². The van der Waals surface area contributed by atoms with Gasteiger partial charge in [0.1, 0.15) is 5.78 Å². The third-order valence-corrected chi connectivity index (χ3v) is 7.86. The number of carbonyl (C=O) groups is 1. The number of carbonyl (C=O) groups excluding carboxylic acids is 1. The van der Waals surface area contributed by atoms with Gasteiger partial charge in [-0.3, -0.25) is 4.79 Å². The van der Waals surface area contributed by atoms with Crippen molar-refractivity contribution in [1.29, 1.82) is 0 Å². The monoisotopic (exact) mass is 274 g/mol. The van der Waals surface area contributed by atoms with Gasteiger partial charge in [-0.05, 0) is 79.4 Å². The van der Waals surface area contributed by atoms with Gasteiger partial charge in [-0.25, -0.2) is 0 Å². The molecule has 0 aromatic heterocycles. The SMILES string of the molecule is CC1CC2C(CCC3C2CC[C@H]3C)C2CCC(=O)CC12. The summed E-state index contributed by atoms with van der Waals surface area (Å²) in [6, 6.07) is 0. The van der Waals surface area contributed by atoms with Gasteiger partial charge in [0.15, 0.2) is 0 Å². The highest BCUT2D eigenvalue weighted by Crippen LogP contribution is 2.59.